The maximum atomic E-state index is 13.6. The summed E-state index contributed by atoms with van der Waals surface area (Å²) in [5.74, 6) is 1.88. The second kappa shape index (κ2) is 13.6. The Balaban J connectivity index is 1.49. The Kier molecular flexibility index (Phi) is 9.96. The van der Waals surface area contributed by atoms with Crippen molar-refractivity contribution >= 4 is 45.7 Å². The van der Waals surface area contributed by atoms with Crippen molar-refractivity contribution in [2.45, 2.75) is 32.4 Å². The summed E-state index contributed by atoms with van der Waals surface area (Å²) < 4.78 is 16.3. The lowest BCUT2D eigenvalue weighted by Gasteiger charge is -2.25. The lowest BCUT2D eigenvalue weighted by molar-refractivity contribution is 0.0739. The Morgan fingerprint density at radius 1 is 0.950 bits per heavy atom. The predicted octanol–water partition coefficient (Wildman–Crippen LogP) is 7.49. The Labute approximate surface area is 245 Å². The molecule has 0 aliphatic heterocycles. The number of halogens is 2. The highest BCUT2D eigenvalue weighted by molar-refractivity contribution is 6.42. The fourth-order valence-corrected chi connectivity index (χ4v) is 4.88. The first-order chi connectivity index (χ1) is 19.3. The first-order valence-corrected chi connectivity index (χ1v) is 13.7. The van der Waals surface area contributed by atoms with Gasteiger partial charge in [0, 0.05) is 42.3 Å². The second-order valence-corrected chi connectivity index (χ2v) is 10.3. The van der Waals surface area contributed by atoms with E-state index in [9.17, 15) is 4.79 Å². The number of carbonyl (C=O) groups is 1. The van der Waals surface area contributed by atoms with Crippen LogP contribution >= 0.6 is 23.2 Å². The molecule has 1 unspecified atom stereocenters. The number of carbonyl (C=O) groups excluding carboxylic acids is 1. The number of rotatable bonds is 12. The number of methoxy groups -OCH3 is 3. The van der Waals surface area contributed by atoms with Crippen LogP contribution in [0, 0.1) is 0 Å². The summed E-state index contributed by atoms with van der Waals surface area (Å²) in [6, 6.07) is 18.6. The fraction of sp³-hybridized carbons (Fsp3) is 0.290. The van der Waals surface area contributed by atoms with Crippen molar-refractivity contribution in [3.8, 4) is 17.2 Å². The maximum absolute atomic E-state index is 13.6. The highest BCUT2D eigenvalue weighted by atomic mass is 35.5. The molecule has 1 amide bonds. The van der Waals surface area contributed by atoms with Crippen LogP contribution in [0.4, 0.5) is 5.69 Å². The zero-order chi connectivity index (χ0) is 28.6. The standard InChI is InChI=1S/C31H33Cl2N3O4/c1-20(35-27-18-24(38-2)16-22-8-5-13-34-30(22)27)7-6-14-36(31(37)23-10-11-25(32)26(33)17-23)19-21-9-12-28(39-3)29(15-21)40-4/h5,8-13,15-18,20,35H,6-7,14,19H2,1-4H3. The van der Waals surface area contributed by atoms with Gasteiger partial charge in [0.2, 0.25) is 0 Å². The van der Waals surface area contributed by atoms with E-state index >= 15 is 0 Å². The molecule has 4 rings (SSSR count). The molecule has 0 aliphatic carbocycles. The minimum atomic E-state index is -0.128. The Hall–Kier alpha value is -3.68. The van der Waals surface area contributed by atoms with E-state index in [4.69, 9.17) is 37.4 Å². The number of hydrogen-bond donors (Lipinski definition) is 1. The molecule has 0 saturated carbocycles. The van der Waals surface area contributed by atoms with E-state index in [1.54, 1.807) is 45.7 Å². The van der Waals surface area contributed by atoms with Crippen LogP contribution < -0.4 is 19.5 Å². The summed E-state index contributed by atoms with van der Waals surface area (Å²) in [6.45, 7) is 3.05. The van der Waals surface area contributed by atoms with Crippen LogP contribution in [0.2, 0.25) is 10.0 Å². The van der Waals surface area contributed by atoms with Crippen LogP contribution in [0.5, 0.6) is 17.2 Å². The van der Waals surface area contributed by atoms with E-state index < -0.39 is 0 Å². The second-order valence-electron chi connectivity index (χ2n) is 9.48. The average Bonchev–Trinajstić information content (AvgIpc) is 2.97. The van der Waals surface area contributed by atoms with Crippen molar-refractivity contribution in [1.82, 2.24) is 9.88 Å². The average molecular weight is 583 g/mol. The Morgan fingerprint density at radius 3 is 2.48 bits per heavy atom. The molecule has 4 aromatic rings. The number of nitrogens with one attached hydrogen (secondary N) is 1. The molecule has 0 fully saturated rings. The van der Waals surface area contributed by atoms with Gasteiger partial charge in [0.05, 0.1) is 42.6 Å². The molecule has 1 heterocycles. The molecule has 210 valence electrons. The molecule has 3 aromatic carbocycles. The molecular formula is C31H33Cl2N3O4. The van der Waals surface area contributed by atoms with Crippen molar-refractivity contribution in [1.29, 1.82) is 0 Å². The number of amides is 1. The SMILES string of the molecule is COc1cc(NC(C)CCCN(Cc2ccc(OC)c(OC)c2)C(=O)c2ccc(Cl)c(Cl)c2)c2ncccc2c1. The van der Waals surface area contributed by atoms with Crippen LogP contribution in [-0.4, -0.2) is 49.7 Å². The number of hydrogen-bond acceptors (Lipinski definition) is 6. The molecule has 0 saturated heterocycles. The summed E-state index contributed by atoms with van der Waals surface area (Å²) in [7, 11) is 4.84. The van der Waals surface area contributed by atoms with Gasteiger partial charge in [0.1, 0.15) is 5.75 Å². The third-order valence-corrected chi connectivity index (χ3v) is 7.40. The first kappa shape index (κ1) is 29.3. The topological polar surface area (TPSA) is 72.9 Å². The van der Waals surface area contributed by atoms with Crippen LogP contribution in [0.1, 0.15) is 35.7 Å². The molecule has 0 radical (unpaired) electrons. The predicted molar refractivity (Wildman–Crippen MR) is 161 cm³/mol. The lowest BCUT2D eigenvalue weighted by atomic mass is 10.1. The van der Waals surface area contributed by atoms with Gasteiger partial charge in [0.15, 0.2) is 11.5 Å². The third kappa shape index (κ3) is 7.09. The van der Waals surface area contributed by atoms with Crippen molar-refractivity contribution in [3.05, 3.63) is 88.0 Å². The normalized spacial score (nSPS) is 11.7. The maximum Gasteiger partial charge on any atom is 0.254 e. The van der Waals surface area contributed by atoms with Crippen molar-refractivity contribution in [3.63, 3.8) is 0 Å². The molecule has 7 nitrogen and oxygen atoms in total. The van der Waals surface area contributed by atoms with Gasteiger partial charge >= 0.3 is 0 Å². The molecule has 9 heteroatoms. The molecule has 0 bridgehead atoms. The van der Waals surface area contributed by atoms with E-state index in [2.05, 4.69) is 17.2 Å². The zero-order valence-electron chi connectivity index (χ0n) is 23.0. The highest BCUT2D eigenvalue weighted by Gasteiger charge is 2.19. The number of aromatic nitrogens is 1. The number of ether oxygens (including phenoxy) is 3. The highest BCUT2D eigenvalue weighted by Crippen LogP contribution is 2.30. The number of anilines is 1. The van der Waals surface area contributed by atoms with Crippen molar-refractivity contribution in [2.75, 3.05) is 33.2 Å². The van der Waals surface area contributed by atoms with Gasteiger partial charge in [0.25, 0.3) is 5.91 Å². The number of fused-ring (bicyclic) bond motifs is 1. The van der Waals surface area contributed by atoms with Crippen LogP contribution in [-0.2, 0) is 6.54 Å². The Bertz CT molecular complexity index is 1480. The zero-order valence-corrected chi connectivity index (χ0v) is 24.6. The minimum absolute atomic E-state index is 0.125. The molecule has 0 aliphatic rings. The van der Waals surface area contributed by atoms with Gasteiger partial charge in [-0.05, 0) is 67.8 Å². The van der Waals surface area contributed by atoms with Gasteiger partial charge in [-0.2, -0.15) is 0 Å². The fourth-order valence-electron chi connectivity index (χ4n) is 4.58. The van der Waals surface area contributed by atoms with E-state index in [0.717, 1.165) is 40.7 Å². The molecule has 0 spiro atoms. The Morgan fingerprint density at radius 2 is 1.75 bits per heavy atom. The molecule has 1 aromatic heterocycles. The summed E-state index contributed by atoms with van der Waals surface area (Å²) in [5.41, 5.74) is 3.21. The van der Waals surface area contributed by atoms with E-state index in [1.165, 1.54) is 0 Å². The largest absolute Gasteiger partial charge is 0.497 e. The van der Waals surface area contributed by atoms with E-state index in [1.807, 2.05) is 47.4 Å². The molecule has 40 heavy (non-hydrogen) atoms. The monoisotopic (exact) mass is 581 g/mol. The summed E-state index contributed by atoms with van der Waals surface area (Å²) in [6.07, 6.45) is 3.37. The van der Waals surface area contributed by atoms with Crippen LogP contribution in [0.25, 0.3) is 10.9 Å². The van der Waals surface area contributed by atoms with E-state index in [0.29, 0.717) is 40.2 Å². The summed E-state index contributed by atoms with van der Waals surface area (Å²) in [5, 5.41) is 5.33. The number of nitrogens with zero attached hydrogens (tertiary/aromatic N) is 2. The molecule has 1 atom stereocenters. The minimum Gasteiger partial charge on any atom is -0.497 e. The number of pyridine rings is 1. The third-order valence-electron chi connectivity index (χ3n) is 6.66. The number of benzene rings is 3. The van der Waals surface area contributed by atoms with Gasteiger partial charge in [-0.25, -0.2) is 0 Å². The van der Waals surface area contributed by atoms with Crippen molar-refractivity contribution in [2.24, 2.45) is 0 Å². The summed E-state index contributed by atoms with van der Waals surface area (Å²) >= 11 is 12.3. The molecule has 1 N–H and O–H groups in total. The van der Waals surface area contributed by atoms with E-state index in [-0.39, 0.29) is 11.9 Å². The van der Waals surface area contributed by atoms with Crippen LogP contribution in [0.15, 0.2) is 66.9 Å². The van der Waals surface area contributed by atoms with Gasteiger partial charge < -0.3 is 24.4 Å². The van der Waals surface area contributed by atoms with Gasteiger partial charge in [-0.3, -0.25) is 9.78 Å². The molecular weight excluding hydrogens is 549 g/mol. The smallest absolute Gasteiger partial charge is 0.254 e. The van der Waals surface area contributed by atoms with Crippen LogP contribution in [0.3, 0.4) is 0 Å². The van der Waals surface area contributed by atoms with Crippen molar-refractivity contribution < 1.29 is 19.0 Å². The van der Waals surface area contributed by atoms with Gasteiger partial charge in [-0.15, -0.1) is 0 Å². The summed E-state index contributed by atoms with van der Waals surface area (Å²) in [4.78, 5) is 20.0. The first-order valence-electron chi connectivity index (χ1n) is 13.0. The lowest BCUT2D eigenvalue weighted by Crippen LogP contribution is -2.32. The van der Waals surface area contributed by atoms with Gasteiger partial charge in [-0.1, -0.05) is 35.3 Å². The quantitative estimate of drug-likeness (QED) is 0.187.